The third-order valence-corrected chi connectivity index (χ3v) is 9.16. The van der Waals surface area contributed by atoms with Crippen molar-refractivity contribution in [2.45, 2.75) is 58.4 Å². The molecule has 26 heavy (non-hydrogen) atoms. The fraction of sp³-hybridized carbons (Fsp3) is 1.00. The molecular weight excluding hydrogens is 344 g/mol. The summed E-state index contributed by atoms with van der Waals surface area (Å²) in [5, 5.41) is 0. The molecule has 3 heterocycles. The maximum absolute atomic E-state index is 6.33. The lowest BCUT2D eigenvalue weighted by Crippen LogP contribution is -2.63. The van der Waals surface area contributed by atoms with Crippen molar-refractivity contribution in [1.29, 1.82) is 0 Å². The number of hydrogen-bond acceptors (Lipinski definition) is 3. The molecule has 3 fully saturated rings. The van der Waals surface area contributed by atoms with E-state index in [0.29, 0.717) is 0 Å². The Hall–Kier alpha value is 0.0169. The predicted molar refractivity (Wildman–Crippen MR) is 109 cm³/mol. The zero-order valence-corrected chi connectivity index (χ0v) is 18.9. The van der Waals surface area contributed by atoms with Gasteiger partial charge in [-0.3, -0.25) is 0 Å². The minimum atomic E-state index is -2.45. The topological polar surface area (TPSA) is 27.7 Å². The van der Waals surface area contributed by atoms with E-state index in [0.717, 1.165) is 60.9 Å². The van der Waals surface area contributed by atoms with Crippen LogP contribution in [0.3, 0.4) is 0 Å². The summed E-state index contributed by atoms with van der Waals surface area (Å²) in [6.07, 6.45) is 7.65. The van der Waals surface area contributed by atoms with Crippen LogP contribution in [0.5, 0.6) is 0 Å². The lowest BCUT2D eigenvalue weighted by molar-refractivity contribution is -0.930. The van der Waals surface area contributed by atoms with Crippen LogP contribution in [-0.2, 0) is 13.3 Å². The molecule has 0 aromatic carbocycles. The van der Waals surface area contributed by atoms with E-state index in [-0.39, 0.29) is 0 Å². The van der Waals surface area contributed by atoms with Gasteiger partial charge >= 0.3 is 8.80 Å². The highest BCUT2D eigenvalue weighted by Gasteiger charge is 2.47. The lowest BCUT2D eigenvalue weighted by Gasteiger charge is -2.45. The summed E-state index contributed by atoms with van der Waals surface area (Å²) in [5.41, 5.74) is 0. The molecule has 2 bridgehead atoms. The highest BCUT2D eigenvalue weighted by Crippen LogP contribution is 2.26. The summed E-state index contributed by atoms with van der Waals surface area (Å²) in [5.74, 6) is 0. The number of rotatable bonds is 11. The van der Waals surface area contributed by atoms with Gasteiger partial charge in [-0.2, -0.15) is 0 Å². The van der Waals surface area contributed by atoms with E-state index in [1.54, 1.807) is 0 Å². The number of hydrogen-bond donors (Lipinski definition) is 0. The van der Waals surface area contributed by atoms with Crippen LogP contribution in [0.25, 0.3) is 0 Å². The normalized spacial score (nSPS) is 30.0. The van der Waals surface area contributed by atoms with Crippen molar-refractivity contribution in [2.75, 3.05) is 73.2 Å². The van der Waals surface area contributed by atoms with E-state index in [1.165, 1.54) is 51.7 Å². The first kappa shape index (κ1) is 22.3. The maximum Gasteiger partial charge on any atom is 0.501 e. The molecule has 5 nitrogen and oxygen atoms in total. The molecule has 0 aromatic heterocycles. The van der Waals surface area contributed by atoms with E-state index in [2.05, 4.69) is 27.9 Å². The Kier molecular flexibility index (Phi) is 9.04. The Labute approximate surface area is 163 Å². The van der Waals surface area contributed by atoms with Crippen molar-refractivity contribution < 1.29 is 22.2 Å². The molecule has 3 aliphatic rings. The second-order valence-electron chi connectivity index (χ2n) is 9.01. The zero-order valence-electron chi connectivity index (χ0n) is 17.9. The molecule has 6 heteroatoms. The minimum absolute atomic E-state index is 0.810. The van der Waals surface area contributed by atoms with Crippen LogP contribution in [0.1, 0.15) is 52.4 Å². The number of nitrogens with zero attached hydrogens (tertiary/aromatic N) is 2. The second kappa shape index (κ2) is 10.5. The third-order valence-electron chi connectivity index (χ3n) is 6.26. The van der Waals surface area contributed by atoms with E-state index < -0.39 is 8.80 Å². The summed E-state index contributed by atoms with van der Waals surface area (Å²) < 4.78 is 21.2. The van der Waals surface area contributed by atoms with Gasteiger partial charge in [0.05, 0.1) is 53.6 Å². The van der Waals surface area contributed by atoms with Gasteiger partial charge in [-0.25, -0.2) is 0 Å². The predicted octanol–water partition coefficient (Wildman–Crippen LogP) is 3.28. The summed E-state index contributed by atoms with van der Waals surface area (Å²) in [6, 6.07) is 0.984. The van der Waals surface area contributed by atoms with Crippen LogP contribution in [0.2, 0.25) is 6.04 Å². The highest BCUT2D eigenvalue weighted by atomic mass is 28.4. The first-order valence-electron chi connectivity index (χ1n) is 11.0. The number of fused-ring (bicyclic) bond motifs is 6. The van der Waals surface area contributed by atoms with Gasteiger partial charge < -0.3 is 22.2 Å². The summed E-state index contributed by atoms with van der Waals surface area (Å²) in [7, 11) is 2.26. The smallest absolute Gasteiger partial charge is 0.368 e. The number of unbranched alkanes of at least 4 members (excludes halogenated alkanes) is 3. The largest absolute Gasteiger partial charge is 0.501 e. The zero-order chi connectivity index (χ0) is 18.9. The van der Waals surface area contributed by atoms with E-state index >= 15 is 0 Å². The Morgan fingerprint density at radius 2 is 1.31 bits per heavy atom. The van der Waals surface area contributed by atoms with Gasteiger partial charge in [-0.1, -0.05) is 26.7 Å². The van der Waals surface area contributed by atoms with Gasteiger partial charge in [0.1, 0.15) is 19.6 Å². The summed E-state index contributed by atoms with van der Waals surface area (Å²) >= 11 is 0. The molecular formula is C20H44N2O3Si+2. The monoisotopic (exact) mass is 388 g/mol. The van der Waals surface area contributed by atoms with Crippen molar-refractivity contribution in [1.82, 2.24) is 0 Å². The average molecular weight is 389 g/mol. The minimum Gasteiger partial charge on any atom is -0.368 e. The molecule has 0 saturated carbocycles. The van der Waals surface area contributed by atoms with Crippen LogP contribution in [0.15, 0.2) is 0 Å². The Bertz CT molecular complexity index is 377. The number of quaternary nitrogens is 2. The Morgan fingerprint density at radius 3 is 1.85 bits per heavy atom. The van der Waals surface area contributed by atoms with Crippen molar-refractivity contribution in [3.63, 3.8) is 0 Å². The third kappa shape index (κ3) is 6.88. The van der Waals surface area contributed by atoms with Crippen LogP contribution in [0, 0.1) is 0 Å². The molecule has 0 atom stereocenters. The Morgan fingerprint density at radius 1 is 0.769 bits per heavy atom. The van der Waals surface area contributed by atoms with Gasteiger partial charge in [0, 0.05) is 12.5 Å². The molecule has 3 aliphatic heterocycles. The summed E-state index contributed by atoms with van der Waals surface area (Å²) in [6.45, 7) is 14.1. The van der Waals surface area contributed by atoms with E-state index in [9.17, 15) is 0 Å². The average Bonchev–Trinajstić information content (AvgIpc) is 2.55. The van der Waals surface area contributed by atoms with E-state index in [1.807, 2.05) is 0 Å². The molecule has 3 saturated heterocycles. The van der Waals surface area contributed by atoms with Gasteiger partial charge in [0.15, 0.2) is 0 Å². The second-order valence-corrected chi connectivity index (χ2v) is 11.7. The van der Waals surface area contributed by atoms with Crippen molar-refractivity contribution >= 4 is 8.80 Å². The van der Waals surface area contributed by atoms with Gasteiger partial charge in [0.25, 0.3) is 0 Å². The molecule has 0 N–H and O–H groups in total. The van der Waals surface area contributed by atoms with Gasteiger partial charge in [-0.05, 0) is 19.3 Å². The first-order valence-corrected chi connectivity index (χ1v) is 13.0. The van der Waals surface area contributed by atoms with Gasteiger partial charge in [-0.15, -0.1) is 0 Å². The molecule has 0 aromatic rings. The first-order chi connectivity index (χ1) is 12.4. The Balaban J connectivity index is 1.83. The fourth-order valence-electron chi connectivity index (χ4n) is 4.32. The molecule has 0 radical (unpaired) electrons. The standard InChI is InChI=1S/C20H44N2O3Si/c1-5-7-9-11-21(3,4)12-10-20-26-23-17-14-22(13-8-6-2,15-18-24-26)16-19-25-26/h5-20H2,1-4H3/q+2. The molecule has 0 amide bonds. The quantitative estimate of drug-likeness (QED) is 0.309. The molecule has 0 unspecified atom stereocenters. The van der Waals surface area contributed by atoms with Crippen molar-refractivity contribution in [2.24, 2.45) is 0 Å². The van der Waals surface area contributed by atoms with E-state index in [4.69, 9.17) is 13.3 Å². The summed E-state index contributed by atoms with van der Waals surface area (Å²) in [4.78, 5) is 0. The van der Waals surface area contributed by atoms with Crippen LogP contribution >= 0.6 is 0 Å². The van der Waals surface area contributed by atoms with Crippen molar-refractivity contribution in [3.8, 4) is 0 Å². The SMILES string of the molecule is CCCCC[N+](C)(C)CCC[Si]12OCC[N+](CCCC)(CCO1)CCO2. The molecule has 154 valence electrons. The van der Waals surface area contributed by atoms with Crippen LogP contribution in [0.4, 0.5) is 0 Å². The molecule has 0 aliphatic carbocycles. The van der Waals surface area contributed by atoms with Gasteiger partial charge in [0.2, 0.25) is 0 Å². The fourth-order valence-corrected chi connectivity index (χ4v) is 6.80. The highest BCUT2D eigenvalue weighted by molar-refractivity contribution is 6.60. The van der Waals surface area contributed by atoms with Crippen molar-refractivity contribution in [3.05, 3.63) is 0 Å². The molecule has 0 spiro atoms. The van der Waals surface area contributed by atoms with Crippen LogP contribution < -0.4 is 0 Å². The molecule has 3 rings (SSSR count). The maximum atomic E-state index is 6.33. The lowest BCUT2D eigenvalue weighted by atomic mass is 10.2. The van der Waals surface area contributed by atoms with Crippen LogP contribution in [-0.4, -0.2) is 91.0 Å².